The summed E-state index contributed by atoms with van der Waals surface area (Å²) in [4.78, 5) is 12.7. The predicted molar refractivity (Wildman–Crippen MR) is 95.9 cm³/mol. The molecule has 0 aliphatic carbocycles. The molecule has 0 unspecified atom stereocenters. The Morgan fingerprint density at radius 1 is 1.28 bits per heavy atom. The summed E-state index contributed by atoms with van der Waals surface area (Å²) in [5.41, 5.74) is -0.201. The first-order chi connectivity index (χ1) is 12.0. The van der Waals surface area contributed by atoms with Gasteiger partial charge in [0.2, 0.25) is 0 Å². The van der Waals surface area contributed by atoms with Crippen LogP contribution in [0.2, 0.25) is 0 Å². The average Bonchev–Trinajstić information content (AvgIpc) is 2.83. The fourth-order valence-corrected chi connectivity index (χ4v) is 4.04. The molecule has 0 N–H and O–H groups in total. The van der Waals surface area contributed by atoms with Crippen molar-refractivity contribution in [2.75, 3.05) is 13.2 Å². The lowest BCUT2D eigenvalue weighted by atomic mass is 9.78. The standard InChI is InChI=1S/C21H28O4/c1-4-6-12-24-17-13-20(3)15-18(19(22)23-5-2)21(14-17,25-20)16-10-8-7-9-11-16/h7-11,13,18H,4-6,12,14-15H2,1-3H3/t18-,20+,21+/m0/s1. The fraction of sp³-hybridized carbons (Fsp3) is 0.571. The van der Waals surface area contributed by atoms with Crippen LogP contribution in [0.1, 0.15) is 52.0 Å². The number of fused-ring (bicyclic) bond motifs is 2. The number of carbonyl (C=O) groups is 1. The first-order valence-electron chi connectivity index (χ1n) is 9.30. The highest BCUT2D eigenvalue weighted by molar-refractivity contribution is 5.75. The predicted octanol–water partition coefficient (Wildman–Crippen LogP) is 4.34. The van der Waals surface area contributed by atoms with Crippen LogP contribution in [0.25, 0.3) is 0 Å². The van der Waals surface area contributed by atoms with Gasteiger partial charge in [-0.25, -0.2) is 0 Å². The van der Waals surface area contributed by atoms with Crippen LogP contribution in [0.4, 0.5) is 0 Å². The summed E-state index contributed by atoms with van der Waals surface area (Å²) in [7, 11) is 0. The zero-order valence-electron chi connectivity index (χ0n) is 15.4. The lowest BCUT2D eigenvalue weighted by molar-refractivity contribution is -0.160. The van der Waals surface area contributed by atoms with Crippen molar-refractivity contribution >= 4 is 5.97 Å². The number of carbonyl (C=O) groups excluding carboxylic acids is 1. The Labute approximate surface area is 150 Å². The summed E-state index contributed by atoms with van der Waals surface area (Å²) in [5.74, 6) is 0.416. The topological polar surface area (TPSA) is 44.8 Å². The van der Waals surface area contributed by atoms with E-state index in [9.17, 15) is 4.79 Å². The van der Waals surface area contributed by atoms with Crippen molar-refractivity contribution in [3.05, 3.63) is 47.7 Å². The average molecular weight is 344 g/mol. The van der Waals surface area contributed by atoms with Crippen molar-refractivity contribution in [2.24, 2.45) is 5.92 Å². The zero-order valence-corrected chi connectivity index (χ0v) is 15.4. The van der Waals surface area contributed by atoms with E-state index in [0.29, 0.717) is 26.1 Å². The Kier molecular flexibility index (Phi) is 5.19. The van der Waals surface area contributed by atoms with Gasteiger partial charge in [0, 0.05) is 6.42 Å². The second-order valence-corrected chi connectivity index (χ2v) is 7.17. The molecule has 2 heterocycles. The van der Waals surface area contributed by atoms with Crippen molar-refractivity contribution in [3.8, 4) is 0 Å². The maximum atomic E-state index is 12.7. The minimum absolute atomic E-state index is 0.182. The van der Waals surface area contributed by atoms with Gasteiger partial charge in [-0.15, -0.1) is 0 Å². The molecular formula is C21H28O4. The SMILES string of the molecule is CCCCOC1=C[C@]2(C)C[C@@H](C(=O)OCC)[C@](c3ccccc3)(C1)O2. The molecule has 1 saturated heterocycles. The van der Waals surface area contributed by atoms with Gasteiger partial charge in [0.15, 0.2) is 0 Å². The second kappa shape index (κ2) is 7.20. The van der Waals surface area contributed by atoms with E-state index in [0.717, 1.165) is 24.2 Å². The van der Waals surface area contributed by atoms with Crippen molar-refractivity contribution in [1.82, 2.24) is 0 Å². The number of ether oxygens (including phenoxy) is 3. The summed E-state index contributed by atoms with van der Waals surface area (Å²) in [6.07, 6.45) is 5.36. The van der Waals surface area contributed by atoms with Crippen LogP contribution in [-0.2, 0) is 24.6 Å². The molecule has 25 heavy (non-hydrogen) atoms. The highest BCUT2D eigenvalue weighted by Gasteiger charge is 2.60. The Hall–Kier alpha value is -1.81. The number of hydrogen-bond donors (Lipinski definition) is 0. The summed E-state index contributed by atoms with van der Waals surface area (Å²) in [6.45, 7) is 7.10. The Bertz CT molecular complexity index is 639. The van der Waals surface area contributed by atoms with E-state index >= 15 is 0 Å². The van der Waals surface area contributed by atoms with E-state index in [1.807, 2.05) is 44.2 Å². The highest BCUT2D eigenvalue weighted by Crippen LogP contribution is 2.56. The molecule has 4 nitrogen and oxygen atoms in total. The van der Waals surface area contributed by atoms with E-state index in [1.165, 1.54) is 0 Å². The molecule has 0 saturated carbocycles. The number of unbranched alkanes of at least 4 members (excludes halogenated alkanes) is 1. The Morgan fingerprint density at radius 2 is 2.04 bits per heavy atom. The summed E-state index contributed by atoms with van der Waals surface area (Å²) in [5, 5.41) is 0. The largest absolute Gasteiger partial charge is 0.498 e. The molecule has 3 rings (SSSR count). The van der Waals surface area contributed by atoms with Crippen molar-refractivity contribution in [2.45, 2.75) is 57.7 Å². The molecule has 1 fully saturated rings. The van der Waals surface area contributed by atoms with E-state index in [4.69, 9.17) is 14.2 Å². The molecule has 0 aromatic heterocycles. The van der Waals surface area contributed by atoms with Crippen molar-refractivity contribution < 1.29 is 19.0 Å². The van der Waals surface area contributed by atoms with Gasteiger partial charge in [0.1, 0.15) is 5.60 Å². The maximum Gasteiger partial charge on any atom is 0.312 e. The quantitative estimate of drug-likeness (QED) is 0.545. The molecule has 1 aromatic carbocycles. The van der Waals surface area contributed by atoms with Gasteiger partial charge in [-0.1, -0.05) is 43.7 Å². The third-order valence-electron chi connectivity index (χ3n) is 5.11. The number of benzene rings is 1. The van der Waals surface area contributed by atoms with E-state index < -0.39 is 11.2 Å². The Morgan fingerprint density at radius 3 is 2.72 bits per heavy atom. The number of rotatable bonds is 7. The molecule has 0 spiro atoms. The number of esters is 1. The fourth-order valence-electron chi connectivity index (χ4n) is 4.04. The molecule has 0 radical (unpaired) electrons. The monoisotopic (exact) mass is 344 g/mol. The first-order valence-corrected chi connectivity index (χ1v) is 9.30. The smallest absolute Gasteiger partial charge is 0.312 e. The van der Waals surface area contributed by atoms with E-state index in [2.05, 4.69) is 13.0 Å². The molecular weight excluding hydrogens is 316 g/mol. The lowest BCUT2D eigenvalue weighted by Crippen LogP contribution is -2.41. The molecule has 0 amide bonds. The molecule has 2 aliphatic heterocycles. The van der Waals surface area contributed by atoms with Crippen molar-refractivity contribution in [1.29, 1.82) is 0 Å². The first kappa shape index (κ1) is 18.0. The minimum atomic E-state index is -0.710. The highest BCUT2D eigenvalue weighted by atomic mass is 16.6. The van der Waals surface area contributed by atoms with Gasteiger partial charge in [-0.3, -0.25) is 4.79 Å². The molecule has 2 aliphatic rings. The van der Waals surface area contributed by atoms with E-state index in [-0.39, 0.29) is 11.9 Å². The van der Waals surface area contributed by atoms with Gasteiger partial charge in [0.05, 0.1) is 30.5 Å². The van der Waals surface area contributed by atoms with Gasteiger partial charge in [-0.2, -0.15) is 0 Å². The van der Waals surface area contributed by atoms with Crippen LogP contribution in [-0.4, -0.2) is 24.8 Å². The summed E-state index contributed by atoms with van der Waals surface area (Å²) >= 11 is 0. The molecule has 3 atom stereocenters. The van der Waals surface area contributed by atoms with Gasteiger partial charge < -0.3 is 14.2 Å². The lowest BCUT2D eigenvalue weighted by Gasteiger charge is -2.39. The number of hydrogen-bond acceptors (Lipinski definition) is 4. The minimum Gasteiger partial charge on any atom is -0.498 e. The second-order valence-electron chi connectivity index (χ2n) is 7.17. The van der Waals surface area contributed by atoms with Crippen LogP contribution in [0.3, 0.4) is 0 Å². The van der Waals surface area contributed by atoms with Crippen LogP contribution in [0, 0.1) is 5.92 Å². The molecule has 136 valence electrons. The maximum absolute atomic E-state index is 12.7. The third kappa shape index (κ3) is 3.45. The van der Waals surface area contributed by atoms with Crippen LogP contribution in [0.15, 0.2) is 42.2 Å². The van der Waals surface area contributed by atoms with Gasteiger partial charge >= 0.3 is 5.97 Å². The zero-order chi connectivity index (χ0) is 17.9. The molecule has 1 aromatic rings. The molecule has 2 bridgehead atoms. The Balaban J connectivity index is 1.96. The summed E-state index contributed by atoms with van der Waals surface area (Å²) in [6, 6.07) is 10.0. The normalized spacial score (nSPS) is 30.7. The van der Waals surface area contributed by atoms with Crippen molar-refractivity contribution in [3.63, 3.8) is 0 Å². The van der Waals surface area contributed by atoms with E-state index in [1.54, 1.807) is 0 Å². The van der Waals surface area contributed by atoms with Crippen LogP contribution in [0.5, 0.6) is 0 Å². The van der Waals surface area contributed by atoms with Crippen LogP contribution >= 0.6 is 0 Å². The van der Waals surface area contributed by atoms with Gasteiger partial charge in [0.25, 0.3) is 0 Å². The summed E-state index contributed by atoms with van der Waals surface area (Å²) < 4.78 is 17.9. The van der Waals surface area contributed by atoms with Crippen LogP contribution < -0.4 is 0 Å². The third-order valence-corrected chi connectivity index (χ3v) is 5.11. The molecule has 4 heteroatoms. The van der Waals surface area contributed by atoms with Gasteiger partial charge in [-0.05, 0) is 38.3 Å².